The highest BCUT2D eigenvalue weighted by Gasteiger charge is 1.98. The molecule has 4 heteroatoms. The van der Waals surface area contributed by atoms with Crippen LogP contribution in [-0.4, -0.2) is 39.3 Å². The topological polar surface area (TPSA) is 50.4 Å². The van der Waals surface area contributed by atoms with Crippen molar-refractivity contribution in [2.45, 2.75) is 32.6 Å². The molecule has 0 saturated carbocycles. The lowest BCUT2D eigenvalue weighted by molar-refractivity contribution is -0.120. The van der Waals surface area contributed by atoms with Crippen LogP contribution in [0.25, 0.3) is 0 Å². The van der Waals surface area contributed by atoms with Gasteiger partial charge in [-0.1, -0.05) is 19.8 Å². The van der Waals surface area contributed by atoms with Gasteiger partial charge in [-0.25, -0.2) is 0 Å². The second-order valence-corrected chi connectivity index (χ2v) is 3.58. The van der Waals surface area contributed by atoms with E-state index in [1.807, 2.05) is 0 Å². The Balaban J connectivity index is 3.11. The lowest BCUT2D eigenvalue weighted by atomic mass is 10.2. The van der Waals surface area contributed by atoms with E-state index >= 15 is 0 Å². The van der Waals surface area contributed by atoms with Gasteiger partial charge in [0.25, 0.3) is 0 Å². The Morgan fingerprint density at radius 1 is 1.20 bits per heavy atom. The van der Waals surface area contributed by atoms with Crippen molar-refractivity contribution in [3.8, 4) is 0 Å². The van der Waals surface area contributed by atoms with E-state index in [2.05, 4.69) is 17.6 Å². The molecule has 0 saturated heterocycles. The molecule has 4 nitrogen and oxygen atoms in total. The van der Waals surface area contributed by atoms with Gasteiger partial charge >= 0.3 is 0 Å². The van der Waals surface area contributed by atoms with Crippen molar-refractivity contribution in [2.24, 2.45) is 0 Å². The van der Waals surface area contributed by atoms with Crippen LogP contribution in [0.5, 0.6) is 0 Å². The smallest absolute Gasteiger partial charge is 0.233 e. The fourth-order valence-corrected chi connectivity index (χ4v) is 1.21. The molecule has 0 atom stereocenters. The van der Waals surface area contributed by atoms with E-state index in [1.54, 1.807) is 7.11 Å². The summed E-state index contributed by atoms with van der Waals surface area (Å²) in [7, 11) is 1.68. The van der Waals surface area contributed by atoms with Gasteiger partial charge in [0.05, 0.1) is 6.54 Å². The molecular formula is C11H24N2O2. The first-order valence-electron chi connectivity index (χ1n) is 5.77. The summed E-state index contributed by atoms with van der Waals surface area (Å²) in [4.78, 5) is 11.2. The van der Waals surface area contributed by atoms with Crippen LogP contribution in [-0.2, 0) is 9.53 Å². The number of hydrogen-bond acceptors (Lipinski definition) is 3. The van der Waals surface area contributed by atoms with Crippen LogP contribution in [0.3, 0.4) is 0 Å². The highest BCUT2D eigenvalue weighted by atomic mass is 16.5. The zero-order chi connectivity index (χ0) is 11.4. The van der Waals surface area contributed by atoms with E-state index in [-0.39, 0.29) is 5.91 Å². The minimum Gasteiger partial charge on any atom is -0.385 e. The third-order valence-electron chi connectivity index (χ3n) is 2.09. The molecule has 0 aliphatic rings. The Kier molecular flexibility index (Phi) is 11.0. The van der Waals surface area contributed by atoms with Gasteiger partial charge in [0.2, 0.25) is 5.91 Å². The number of amides is 1. The van der Waals surface area contributed by atoms with E-state index in [1.165, 1.54) is 12.8 Å². The van der Waals surface area contributed by atoms with Crippen LogP contribution in [0.4, 0.5) is 0 Å². The lowest BCUT2D eigenvalue weighted by Crippen LogP contribution is -2.34. The fraction of sp³-hybridized carbons (Fsp3) is 0.909. The number of methoxy groups -OCH3 is 1. The molecule has 0 aliphatic heterocycles. The van der Waals surface area contributed by atoms with Gasteiger partial charge in [-0.3, -0.25) is 4.79 Å². The number of carbonyl (C=O) groups is 1. The van der Waals surface area contributed by atoms with E-state index in [9.17, 15) is 4.79 Å². The fourth-order valence-electron chi connectivity index (χ4n) is 1.21. The monoisotopic (exact) mass is 216 g/mol. The summed E-state index contributed by atoms with van der Waals surface area (Å²) in [5, 5.41) is 5.94. The highest BCUT2D eigenvalue weighted by Crippen LogP contribution is 1.90. The molecule has 0 aromatic heterocycles. The van der Waals surface area contributed by atoms with Crippen LogP contribution in [0.1, 0.15) is 32.6 Å². The molecule has 0 aromatic rings. The third kappa shape index (κ3) is 11.3. The normalized spacial score (nSPS) is 10.3. The average molecular weight is 216 g/mol. The van der Waals surface area contributed by atoms with Crippen molar-refractivity contribution in [2.75, 3.05) is 33.4 Å². The maximum absolute atomic E-state index is 11.2. The van der Waals surface area contributed by atoms with Gasteiger partial charge in [0.15, 0.2) is 0 Å². The predicted octanol–water partition coefficient (Wildman–Crippen LogP) is 0.919. The Morgan fingerprint density at radius 3 is 2.67 bits per heavy atom. The van der Waals surface area contributed by atoms with E-state index in [0.29, 0.717) is 6.54 Å². The predicted molar refractivity (Wildman–Crippen MR) is 61.9 cm³/mol. The Morgan fingerprint density at radius 2 is 2.00 bits per heavy atom. The number of ether oxygens (including phenoxy) is 1. The van der Waals surface area contributed by atoms with Gasteiger partial charge in [-0.15, -0.1) is 0 Å². The van der Waals surface area contributed by atoms with Gasteiger partial charge in [0.1, 0.15) is 0 Å². The summed E-state index contributed by atoms with van der Waals surface area (Å²) in [5.41, 5.74) is 0. The minimum absolute atomic E-state index is 0.0866. The van der Waals surface area contributed by atoms with Crippen LogP contribution in [0.2, 0.25) is 0 Å². The largest absolute Gasteiger partial charge is 0.385 e. The first-order valence-corrected chi connectivity index (χ1v) is 5.77. The standard InChI is InChI=1S/C11H24N2O2/c1-3-4-5-8-13-11(14)10-12-7-6-9-15-2/h12H,3-10H2,1-2H3,(H,13,14). The van der Waals surface area contributed by atoms with Gasteiger partial charge in [-0.2, -0.15) is 0 Å². The molecule has 0 fully saturated rings. The number of rotatable bonds is 10. The van der Waals surface area contributed by atoms with Crippen molar-refractivity contribution in [1.29, 1.82) is 0 Å². The SMILES string of the molecule is CCCCCNC(=O)CNCCCOC. The zero-order valence-corrected chi connectivity index (χ0v) is 9.97. The van der Waals surface area contributed by atoms with E-state index in [4.69, 9.17) is 4.74 Å². The third-order valence-corrected chi connectivity index (χ3v) is 2.09. The van der Waals surface area contributed by atoms with Gasteiger partial charge in [-0.05, 0) is 19.4 Å². The minimum atomic E-state index is 0.0866. The van der Waals surface area contributed by atoms with Crippen molar-refractivity contribution in [1.82, 2.24) is 10.6 Å². The lowest BCUT2D eigenvalue weighted by Gasteiger charge is -2.06. The summed E-state index contributed by atoms with van der Waals surface area (Å²) < 4.78 is 4.90. The summed E-state index contributed by atoms with van der Waals surface area (Å²) in [6.07, 6.45) is 4.39. The van der Waals surface area contributed by atoms with Crippen molar-refractivity contribution < 1.29 is 9.53 Å². The summed E-state index contributed by atoms with van der Waals surface area (Å²) in [6.45, 7) is 4.93. The average Bonchev–Trinajstić information content (AvgIpc) is 2.24. The quantitative estimate of drug-likeness (QED) is 0.534. The maximum atomic E-state index is 11.2. The first-order chi connectivity index (χ1) is 7.31. The molecule has 0 radical (unpaired) electrons. The summed E-state index contributed by atoms with van der Waals surface area (Å²) in [6, 6.07) is 0. The molecule has 0 aliphatic carbocycles. The number of nitrogens with one attached hydrogen (secondary N) is 2. The molecule has 0 bridgehead atoms. The van der Waals surface area contributed by atoms with Crippen LogP contribution >= 0.6 is 0 Å². The Labute approximate surface area is 92.8 Å². The molecule has 0 spiro atoms. The van der Waals surface area contributed by atoms with Crippen molar-refractivity contribution in [3.05, 3.63) is 0 Å². The van der Waals surface area contributed by atoms with Crippen LogP contribution in [0, 0.1) is 0 Å². The second-order valence-electron chi connectivity index (χ2n) is 3.58. The molecule has 0 rings (SSSR count). The number of unbranched alkanes of at least 4 members (excludes halogenated alkanes) is 2. The van der Waals surface area contributed by atoms with Crippen LogP contribution < -0.4 is 10.6 Å². The molecule has 0 heterocycles. The molecule has 1 amide bonds. The van der Waals surface area contributed by atoms with Crippen LogP contribution in [0.15, 0.2) is 0 Å². The van der Waals surface area contributed by atoms with Crippen molar-refractivity contribution in [3.63, 3.8) is 0 Å². The first kappa shape index (κ1) is 14.4. The molecular weight excluding hydrogens is 192 g/mol. The highest BCUT2D eigenvalue weighted by molar-refractivity contribution is 5.77. The molecule has 2 N–H and O–H groups in total. The molecule has 90 valence electrons. The summed E-state index contributed by atoms with van der Waals surface area (Å²) >= 11 is 0. The Bertz CT molecular complexity index is 152. The Hall–Kier alpha value is -0.610. The van der Waals surface area contributed by atoms with Gasteiger partial charge < -0.3 is 15.4 Å². The summed E-state index contributed by atoms with van der Waals surface area (Å²) in [5.74, 6) is 0.0866. The number of hydrogen-bond donors (Lipinski definition) is 2. The number of carbonyl (C=O) groups excluding carboxylic acids is 1. The molecule has 0 aromatic carbocycles. The molecule has 15 heavy (non-hydrogen) atoms. The maximum Gasteiger partial charge on any atom is 0.233 e. The molecule has 0 unspecified atom stereocenters. The van der Waals surface area contributed by atoms with E-state index < -0.39 is 0 Å². The van der Waals surface area contributed by atoms with Crippen molar-refractivity contribution >= 4 is 5.91 Å². The van der Waals surface area contributed by atoms with E-state index in [0.717, 1.165) is 32.5 Å². The second kappa shape index (κ2) is 11.5. The van der Waals surface area contributed by atoms with Gasteiger partial charge in [0, 0.05) is 20.3 Å². The zero-order valence-electron chi connectivity index (χ0n) is 9.97.